The molecule has 0 amide bonds. The Morgan fingerprint density at radius 2 is 2.10 bits per heavy atom. The number of fused-ring (bicyclic) bond motifs is 1. The number of aromatic carboxylic acids is 1. The summed E-state index contributed by atoms with van der Waals surface area (Å²) < 4.78 is 11.3. The number of nitrogens with zero attached hydrogens (tertiary/aromatic N) is 2. The second-order valence-corrected chi connectivity index (χ2v) is 6.01. The number of nitrogens with one attached hydrogen (secondary N) is 1. The molecular weight excluding hydrogens is 278 g/mol. The van der Waals surface area contributed by atoms with Crippen LogP contribution in [0.4, 0.5) is 5.69 Å². The summed E-state index contributed by atoms with van der Waals surface area (Å²) >= 11 is 0. The number of carboxylic acids is 1. The topological polar surface area (TPSA) is 92.2 Å². The van der Waals surface area contributed by atoms with E-state index < -0.39 is 16.8 Å². The number of carbonyl (C=O) groups is 1. The molecule has 0 spiro atoms. The van der Waals surface area contributed by atoms with Gasteiger partial charge in [-0.05, 0) is 13.0 Å². The quantitative estimate of drug-likeness (QED) is 0.868. The fourth-order valence-corrected chi connectivity index (χ4v) is 2.78. The van der Waals surface area contributed by atoms with Crippen LogP contribution in [0.2, 0.25) is 0 Å². The fraction of sp³-hybridized carbons (Fsp3) is 0.308. The van der Waals surface area contributed by atoms with Gasteiger partial charge in [-0.15, -0.1) is 10.2 Å². The Labute approximate surface area is 118 Å². The van der Waals surface area contributed by atoms with Crippen LogP contribution in [0.1, 0.15) is 17.4 Å². The number of hydrogen-bond acceptors (Lipinski definition) is 5. The molecular formula is C13H15N3O3S. The summed E-state index contributed by atoms with van der Waals surface area (Å²) in [5.74, 6) is -0.717. The van der Waals surface area contributed by atoms with Crippen molar-refractivity contribution in [1.82, 2.24) is 10.2 Å². The fourth-order valence-electron chi connectivity index (χ4n) is 1.99. The molecule has 2 rings (SSSR count). The molecule has 20 heavy (non-hydrogen) atoms. The Hall–Kier alpha value is -2.02. The summed E-state index contributed by atoms with van der Waals surface area (Å²) in [6.07, 6.45) is 1.61. The molecule has 2 aromatic rings. The van der Waals surface area contributed by atoms with Gasteiger partial charge in [0.15, 0.2) is 5.69 Å². The molecule has 0 aliphatic rings. The third-order valence-electron chi connectivity index (χ3n) is 2.75. The maximum absolute atomic E-state index is 11.3. The summed E-state index contributed by atoms with van der Waals surface area (Å²) in [6.45, 7) is 1.85. The average molecular weight is 293 g/mol. The van der Waals surface area contributed by atoms with Gasteiger partial charge < -0.3 is 10.4 Å². The van der Waals surface area contributed by atoms with E-state index in [2.05, 4.69) is 15.5 Å². The number of hydrogen-bond donors (Lipinski definition) is 2. The Bertz CT molecular complexity index is 675. The minimum Gasteiger partial charge on any atom is -0.476 e. The summed E-state index contributed by atoms with van der Waals surface area (Å²) in [4.78, 5) is 11.3. The van der Waals surface area contributed by atoms with Crippen molar-refractivity contribution in [2.24, 2.45) is 0 Å². The first-order valence-electron chi connectivity index (χ1n) is 6.04. The lowest BCUT2D eigenvalue weighted by Gasteiger charge is -2.16. The van der Waals surface area contributed by atoms with Crippen molar-refractivity contribution in [3.8, 4) is 0 Å². The molecule has 0 aliphatic heterocycles. The van der Waals surface area contributed by atoms with Crippen LogP contribution < -0.4 is 5.32 Å². The predicted octanol–water partition coefficient (Wildman–Crippen LogP) is 1.51. The highest BCUT2D eigenvalue weighted by atomic mass is 32.2. The lowest BCUT2D eigenvalue weighted by Crippen LogP contribution is -2.24. The maximum Gasteiger partial charge on any atom is 0.358 e. The number of benzene rings is 1. The molecule has 2 unspecified atom stereocenters. The van der Waals surface area contributed by atoms with Crippen LogP contribution >= 0.6 is 0 Å². The Balaban J connectivity index is 2.49. The first kappa shape index (κ1) is 14.4. The van der Waals surface area contributed by atoms with E-state index in [1.54, 1.807) is 18.4 Å². The van der Waals surface area contributed by atoms with Gasteiger partial charge in [0.05, 0.1) is 11.2 Å². The van der Waals surface area contributed by atoms with Gasteiger partial charge >= 0.3 is 5.97 Å². The number of aromatic nitrogens is 2. The molecule has 0 radical (unpaired) electrons. The number of rotatable bonds is 5. The minimum absolute atomic E-state index is 0.127. The van der Waals surface area contributed by atoms with E-state index in [1.807, 2.05) is 19.1 Å². The van der Waals surface area contributed by atoms with Gasteiger partial charge in [-0.3, -0.25) is 4.21 Å². The molecule has 0 saturated heterocycles. The van der Waals surface area contributed by atoms with Crippen LogP contribution in [0.25, 0.3) is 10.9 Å². The Kier molecular flexibility index (Phi) is 4.29. The normalized spacial score (nSPS) is 13.9. The van der Waals surface area contributed by atoms with E-state index in [1.165, 1.54) is 0 Å². The van der Waals surface area contributed by atoms with Gasteiger partial charge in [0, 0.05) is 34.2 Å². The van der Waals surface area contributed by atoms with Crippen molar-refractivity contribution in [3.63, 3.8) is 0 Å². The molecule has 7 heteroatoms. The third-order valence-corrected chi connectivity index (χ3v) is 3.72. The van der Waals surface area contributed by atoms with Crippen LogP contribution in [0.15, 0.2) is 24.3 Å². The summed E-state index contributed by atoms with van der Waals surface area (Å²) in [7, 11) is -0.966. The molecule has 0 saturated carbocycles. The first-order valence-corrected chi connectivity index (χ1v) is 7.77. The molecule has 1 aromatic carbocycles. The molecule has 2 atom stereocenters. The van der Waals surface area contributed by atoms with Gasteiger partial charge in [-0.2, -0.15) is 0 Å². The highest BCUT2D eigenvalue weighted by Crippen LogP contribution is 2.25. The van der Waals surface area contributed by atoms with Crippen molar-refractivity contribution in [2.45, 2.75) is 13.0 Å². The molecule has 106 valence electrons. The van der Waals surface area contributed by atoms with Crippen LogP contribution in [0.3, 0.4) is 0 Å². The molecule has 2 N–H and O–H groups in total. The zero-order valence-corrected chi connectivity index (χ0v) is 12.0. The van der Waals surface area contributed by atoms with Crippen molar-refractivity contribution in [3.05, 3.63) is 30.0 Å². The van der Waals surface area contributed by atoms with E-state index in [0.29, 0.717) is 22.3 Å². The number of carboxylic acid groups (broad SMARTS) is 1. The Morgan fingerprint density at radius 3 is 2.75 bits per heavy atom. The van der Waals surface area contributed by atoms with E-state index in [9.17, 15) is 14.1 Å². The average Bonchev–Trinajstić information content (AvgIpc) is 2.37. The summed E-state index contributed by atoms with van der Waals surface area (Å²) in [5, 5.41) is 20.6. The van der Waals surface area contributed by atoms with Gasteiger partial charge in [0.2, 0.25) is 0 Å². The maximum atomic E-state index is 11.3. The molecule has 0 aliphatic carbocycles. The van der Waals surface area contributed by atoms with E-state index in [4.69, 9.17) is 0 Å². The van der Waals surface area contributed by atoms with Gasteiger partial charge in [-0.1, -0.05) is 18.2 Å². The zero-order valence-electron chi connectivity index (χ0n) is 11.2. The first-order chi connectivity index (χ1) is 9.49. The molecule has 1 aromatic heterocycles. The molecule has 0 fully saturated rings. The molecule has 0 bridgehead atoms. The van der Waals surface area contributed by atoms with Crippen molar-refractivity contribution in [2.75, 3.05) is 17.3 Å². The smallest absolute Gasteiger partial charge is 0.358 e. The van der Waals surface area contributed by atoms with Crippen LogP contribution in [-0.2, 0) is 10.8 Å². The Morgan fingerprint density at radius 1 is 1.40 bits per heavy atom. The van der Waals surface area contributed by atoms with E-state index in [-0.39, 0.29) is 11.7 Å². The van der Waals surface area contributed by atoms with Crippen molar-refractivity contribution >= 4 is 33.4 Å². The minimum atomic E-state index is -1.14. The predicted molar refractivity (Wildman–Crippen MR) is 78.5 cm³/mol. The highest BCUT2D eigenvalue weighted by molar-refractivity contribution is 7.84. The lowest BCUT2D eigenvalue weighted by molar-refractivity contribution is 0.0690. The second-order valence-electron chi connectivity index (χ2n) is 4.53. The summed E-state index contributed by atoms with van der Waals surface area (Å²) in [6, 6.07) is 7.04. The van der Waals surface area contributed by atoms with Crippen molar-refractivity contribution in [1.29, 1.82) is 0 Å². The zero-order chi connectivity index (χ0) is 14.7. The van der Waals surface area contributed by atoms with Gasteiger partial charge in [0.25, 0.3) is 0 Å². The second kappa shape index (κ2) is 5.96. The lowest BCUT2D eigenvalue weighted by atomic mass is 10.1. The van der Waals surface area contributed by atoms with Gasteiger partial charge in [-0.25, -0.2) is 4.79 Å². The number of anilines is 1. The van der Waals surface area contributed by atoms with Crippen molar-refractivity contribution < 1.29 is 14.1 Å². The summed E-state index contributed by atoms with van der Waals surface area (Å²) in [5.41, 5.74) is 0.906. The third kappa shape index (κ3) is 3.11. The highest BCUT2D eigenvalue weighted by Gasteiger charge is 2.18. The SMILES string of the molecule is CC(CS(C)=O)Nc1c(C(=O)O)nnc2ccccc12. The standard InChI is InChI=1S/C13H15N3O3S/c1-8(7-20(2)19)14-11-9-5-3-4-6-10(9)15-16-12(11)13(17)18/h3-6,8H,7H2,1-2H3,(H,14,15)(H,17,18). The monoisotopic (exact) mass is 293 g/mol. The molecule has 1 heterocycles. The largest absolute Gasteiger partial charge is 0.476 e. The van der Waals surface area contributed by atoms with Gasteiger partial charge in [0.1, 0.15) is 0 Å². The van der Waals surface area contributed by atoms with Crippen LogP contribution in [-0.4, -0.2) is 43.5 Å². The van der Waals surface area contributed by atoms with Crippen LogP contribution in [0.5, 0.6) is 0 Å². The van der Waals surface area contributed by atoms with Crippen LogP contribution in [0, 0.1) is 0 Å². The molecule has 6 nitrogen and oxygen atoms in total. The van der Waals surface area contributed by atoms with E-state index >= 15 is 0 Å². The van der Waals surface area contributed by atoms with E-state index in [0.717, 1.165) is 0 Å².